The van der Waals surface area contributed by atoms with E-state index in [4.69, 9.17) is 17.3 Å². The molecular formula is C10H11ClN4O2S. The van der Waals surface area contributed by atoms with Gasteiger partial charge in [-0.3, -0.25) is 0 Å². The van der Waals surface area contributed by atoms with E-state index in [0.29, 0.717) is 10.6 Å². The van der Waals surface area contributed by atoms with Crippen molar-refractivity contribution in [3.63, 3.8) is 0 Å². The number of halogens is 1. The number of sulfonamides is 1. The van der Waals surface area contributed by atoms with Crippen molar-refractivity contribution in [1.82, 2.24) is 9.97 Å². The molecule has 2 rings (SSSR count). The van der Waals surface area contributed by atoms with E-state index < -0.39 is 10.0 Å². The highest BCUT2D eigenvalue weighted by Gasteiger charge is 2.16. The third-order valence-corrected chi connectivity index (χ3v) is 3.97. The number of imidazole rings is 1. The average molecular weight is 287 g/mol. The fraction of sp³-hybridized carbons (Fsp3) is 0.100. The number of nitrogens with two attached hydrogens (primary N) is 1. The Hall–Kier alpha value is -1.57. The highest BCUT2D eigenvalue weighted by atomic mass is 35.5. The smallest absolute Gasteiger partial charge is 0.264 e. The number of anilines is 1. The van der Waals surface area contributed by atoms with Crippen LogP contribution in [0.3, 0.4) is 0 Å². The van der Waals surface area contributed by atoms with Crippen molar-refractivity contribution in [3.8, 4) is 0 Å². The Kier molecular flexibility index (Phi) is 3.55. The number of H-pyrrole nitrogens is 1. The molecule has 0 atom stereocenters. The zero-order chi connectivity index (χ0) is 13.2. The molecule has 1 aromatic heterocycles. The Labute approximate surface area is 109 Å². The summed E-state index contributed by atoms with van der Waals surface area (Å²) in [5, 5.41) is 0.319. The van der Waals surface area contributed by atoms with Gasteiger partial charge in [0, 0.05) is 24.0 Å². The summed E-state index contributed by atoms with van der Waals surface area (Å²) < 4.78 is 26.3. The number of rotatable bonds is 4. The maximum absolute atomic E-state index is 12.0. The van der Waals surface area contributed by atoms with Gasteiger partial charge in [0.1, 0.15) is 0 Å². The van der Waals surface area contributed by atoms with Gasteiger partial charge < -0.3 is 10.7 Å². The number of aromatic nitrogens is 2. The summed E-state index contributed by atoms with van der Waals surface area (Å²) in [6.07, 6.45) is 2.96. The van der Waals surface area contributed by atoms with Crippen LogP contribution in [-0.4, -0.2) is 18.4 Å². The summed E-state index contributed by atoms with van der Waals surface area (Å²) in [7, 11) is -3.70. The van der Waals surface area contributed by atoms with E-state index in [1.165, 1.54) is 24.5 Å². The molecule has 0 amide bonds. The van der Waals surface area contributed by atoms with E-state index in [9.17, 15) is 8.42 Å². The van der Waals surface area contributed by atoms with Crippen molar-refractivity contribution in [3.05, 3.63) is 41.2 Å². The van der Waals surface area contributed by atoms with Crippen molar-refractivity contribution >= 4 is 27.6 Å². The van der Waals surface area contributed by atoms with Crippen LogP contribution >= 0.6 is 11.6 Å². The average Bonchev–Trinajstić information content (AvgIpc) is 2.81. The SMILES string of the molecule is NCc1ccc(S(=O)(=O)Nc2ncc[nH]2)cc1Cl. The van der Waals surface area contributed by atoms with Crippen LogP contribution in [0.2, 0.25) is 5.02 Å². The van der Waals surface area contributed by atoms with E-state index in [1.54, 1.807) is 6.07 Å². The van der Waals surface area contributed by atoms with Crippen LogP contribution in [0.1, 0.15) is 5.56 Å². The maximum atomic E-state index is 12.0. The van der Waals surface area contributed by atoms with Gasteiger partial charge in [0.2, 0.25) is 5.95 Å². The molecule has 18 heavy (non-hydrogen) atoms. The maximum Gasteiger partial charge on any atom is 0.264 e. The first-order valence-electron chi connectivity index (χ1n) is 5.03. The minimum absolute atomic E-state index is 0.0566. The van der Waals surface area contributed by atoms with Gasteiger partial charge in [-0.05, 0) is 17.7 Å². The van der Waals surface area contributed by atoms with Crippen LogP contribution in [-0.2, 0) is 16.6 Å². The second kappa shape index (κ2) is 4.97. The molecule has 6 nitrogen and oxygen atoms in total. The van der Waals surface area contributed by atoms with Gasteiger partial charge in [0.25, 0.3) is 10.0 Å². The van der Waals surface area contributed by atoms with Crippen LogP contribution in [0, 0.1) is 0 Å². The highest BCUT2D eigenvalue weighted by Crippen LogP contribution is 2.21. The molecule has 1 aromatic carbocycles. The Balaban J connectivity index is 2.33. The largest absolute Gasteiger partial charge is 0.330 e. The number of aromatic amines is 1. The zero-order valence-corrected chi connectivity index (χ0v) is 10.8. The first-order valence-corrected chi connectivity index (χ1v) is 6.90. The molecular weight excluding hydrogens is 276 g/mol. The van der Waals surface area contributed by atoms with Crippen LogP contribution in [0.5, 0.6) is 0 Å². The topological polar surface area (TPSA) is 101 Å². The van der Waals surface area contributed by atoms with E-state index in [0.717, 1.165) is 0 Å². The van der Waals surface area contributed by atoms with Crippen molar-refractivity contribution in [2.24, 2.45) is 5.73 Å². The van der Waals surface area contributed by atoms with E-state index in [-0.39, 0.29) is 17.4 Å². The predicted molar refractivity (Wildman–Crippen MR) is 68.7 cm³/mol. The predicted octanol–water partition coefficient (Wildman–Crippen LogP) is 1.32. The van der Waals surface area contributed by atoms with E-state index >= 15 is 0 Å². The van der Waals surface area contributed by atoms with Crippen LogP contribution in [0.15, 0.2) is 35.5 Å². The van der Waals surface area contributed by atoms with Crippen molar-refractivity contribution in [2.75, 3.05) is 4.72 Å². The second-order valence-electron chi connectivity index (χ2n) is 3.50. The van der Waals surface area contributed by atoms with Crippen molar-refractivity contribution < 1.29 is 8.42 Å². The third kappa shape index (κ3) is 2.63. The molecule has 1 heterocycles. The van der Waals surface area contributed by atoms with Crippen LogP contribution < -0.4 is 10.5 Å². The first-order chi connectivity index (χ1) is 8.53. The van der Waals surface area contributed by atoms with E-state index in [2.05, 4.69) is 14.7 Å². The van der Waals surface area contributed by atoms with E-state index in [1.807, 2.05) is 0 Å². The lowest BCUT2D eigenvalue weighted by molar-refractivity contribution is 0.601. The highest BCUT2D eigenvalue weighted by molar-refractivity contribution is 7.92. The molecule has 8 heteroatoms. The molecule has 0 fully saturated rings. The number of hydrogen-bond acceptors (Lipinski definition) is 4. The molecule has 0 spiro atoms. The van der Waals surface area contributed by atoms with Crippen LogP contribution in [0.4, 0.5) is 5.95 Å². The number of hydrogen-bond donors (Lipinski definition) is 3. The van der Waals surface area contributed by atoms with Gasteiger partial charge in [-0.25, -0.2) is 18.1 Å². The van der Waals surface area contributed by atoms with Gasteiger partial charge in [-0.2, -0.15) is 0 Å². The van der Waals surface area contributed by atoms with Gasteiger partial charge in [0.15, 0.2) is 0 Å². The summed E-state index contributed by atoms with van der Waals surface area (Å²) in [5.74, 6) is 0.147. The molecule has 0 bridgehead atoms. The minimum Gasteiger partial charge on any atom is -0.330 e. The lowest BCUT2D eigenvalue weighted by Gasteiger charge is -2.07. The monoisotopic (exact) mass is 286 g/mol. The third-order valence-electron chi connectivity index (χ3n) is 2.28. The standard InChI is InChI=1S/C10H11ClN4O2S/c11-9-5-8(2-1-7(9)6-12)18(16,17)15-10-13-3-4-14-10/h1-5H,6,12H2,(H2,13,14,15). The molecule has 2 aromatic rings. The number of nitrogens with zero attached hydrogens (tertiary/aromatic N) is 1. The van der Waals surface area contributed by atoms with Gasteiger partial charge >= 0.3 is 0 Å². The lowest BCUT2D eigenvalue weighted by Crippen LogP contribution is -2.14. The molecule has 0 aliphatic heterocycles. The molecule has 0 unspecified atom stereocenters. The molecule has 96 valence electrons. The fourth-order valence-electron chi connectivity index (χ4n) is 1.37. The summed E-state index contributed by atoms with van der Waals surface area (Å²) in [4.78, 5) is 6.49. The molecule has 0 saturated heterocycles. The van der Waals surface area contributed by atoms with Crippen LogP contribution in [0.25, 0.3) is 0 Å². The summed E-state index contributed by atoms with van der Waals surface area (Å²) in [6, 6.07) is 4.38. The van der Waals surface area contributed by atoms with Gasteiger partial charge in [-0.15, -0.1) is 0 Å². The molecule has 0 aliphatic rings. The summed E-state index contributed by atoms with van der Waals surface area (Å²) >= 11 is 5.92. The Morgan fingerprint density at radius 2 is 2.22 bits per heavy atom. The van der Waals surface area contributed by atoms with Gasteiger partial charge in [0.05, 0.1) is 4.90 Å². The normalized spacial score (nSPS) is 11.4. The molecule has 4 N–H and O–H groups in total. The molecule has 0 radical (unpaired) electrons. The zero-order valence-electron chi connectivity index (χ0n) is 9.22. The Morgan fingerprint density at radius 3 is 2.78 bits per heavy atom. The fourth-order valence-corrected chi connectivity index (χ4v) is 2.69. The number of nitrogens with one attached hydrogen (secondary N) is 2. The Morgan fingerprint density at radius 1 is 1.44 bits per heavy atom. The first kappa shape index (κ1) is 12.9. The summed E-state index contributed by atoms with van der Waals surface area (Å²) in [5.41, 5.74) is 6.14. The molecule has 0 saturated carbocycles. The van der Waals surface area contributed by atoms with Crippen molar-refractivity contribution in [1.29, 1.82) is 0 Å². The molecule has 0 aliphatic carbocycles. The second-order valence-corrected chi connectivity index (χ2v) is 5.59. The quantitative estimate of drug-likeness (QED) is 0.789. The minimum atomic E-state index is -3.70. The van der Waals surface area contributed by atoms with Crippen molar-refractivity contribution in [2.45, 2.75) is 11.4 Å². The number of benzene rings is 1. The van der Waals surface area contributed by atoms with Gasteiger partial charge in [-0.1, -0.05) is 17.7 Å². The lowest BCUT2D eigenvalue weighted by atomic mass is 10.2. The Bertz CT molecular complexity index is 640. The summed E-state index contributed by atoms with van der Waals surface area (Å²) in [6.45, 7) is 0.255.